The lowest BCUT2D eigenvalue weighted by molar-refractivity contribution is 0.0796. The summed E-state index contributed by atoms with van der Waals surface area (Å²) in [6, 6.07) is 35.7. The van der Waals surface area contributed by atoms with E-state index in [1.807, 2.05) is 19.1 Å². The van der Waals surface area contributed by atoms with Gasteiger partial charge in [0, 0.05) is 79.5 Å². The predicted octanol–water partition coefficient (Wildman–Crippen LogP) is 8.95. The number of piperazine rings is 1. The lowest BCUT2D eigenvalue weighted by Crippen LogP contribution is -2.63. The van der Waals surface area contributed by atoms with Gasteiger partial charge >= 0.3 is 0 Å². The van der Waals surface area contributed by atoms with E-state index in [9.17, 15) is 5.11 Å². The van der Waals surface area contributed by atoms with Gasteiger partial charge in [-0.2, -0.15) is 0 Å². The number of aliphatic imine (C=N–C) groups is 1. The highest BCUT2D eigenvalue weighted by molar-refractivity contribution is 7.15. The van der Waals surface area contributed by atoms with Gasteiger partial charge in [-0.25, -0.2) is 4.98 Å². The van der Waals surface area contributed by atoms with Gasteiger partial charge in [0.2, 0.25) is 0 Å². The number of oxazole rings is 1. The van der Waals surface area contributed by atoms with Crippen molar-refractivity contribution in [2.24, 2.45) is 4.99 Å². The van der Waals surface area contributed by atoms with Gasteiger partial charge in [-0.15, -0.1) is 21.5 Å². The van der Waals surface area contributed by atoms with Crippen molar-refractivity contribution in [3.05, 3.63) is 176 Å². The molecule has 1 aliphatic carbocycles. The fraction of sp³-hybridized carbons (Fsp3) is 0.333. The SMILES string of the molecule is Cc1sc2c(c1C)C(c1ccc(N3CC(N4CCN(Cc5ccc([C@@H]6c7ccc(O)cc7CC[C@@H]6c6ccccc6)cc5)CC4)C3)cc1)=N[C@@H](Cc1ncco1)c1nnc(C)n1-2. The minimum atomic E-state index is -0.281. The van der Waals surface area contributed by atoms with E-state index in [1.54, 1.807) is 23.8 Å². The molecule has 3 aromatic heterocycles. The maximum Gasteiger partial charge on any atom is 0.196 e. The molecule has 0 radical (unpaired) electrons. The molecule has 6 heterocycles. The van der Waals surface area contributed by atoms with E-state index in [0.29, 0.717) is 30.0 Å². The molecule has 3 atom stereocenters. The summed E-state index contributed by atoms with van der Waals surface area (Å²) < 4.78 is 7.86. The summed E-state index contributed by atoms with van der Waals surface area (Å²) in [7, 11) is 0. The number of aromatic hydroxyl groups is 1. The number of thiophene rings is 1. The molecular weight excluding hydrogens is 789 g/mol. The Hall–Kier alpha value is -5.88. The van der Waals surface area contributed by atoms with E-state index >= 15 is 0 Å². The van der Waals surface area contributed by atoms with Gasteiger partial charge in [-0.1, -0.05) is 72.8 Å². The second-order valence-electron chi connectivity index (χ2n) is 17.6. The molecule has 0 saturated carbocycles. The van der Waals surface area contributed by atoms with Crippen LogP contribution in [0.4, 0.5) is 5.69 Å². The zero-order valence-electron chi connectivity index (χ0n) is 35.6. The monoisotopic (exact) mass is 840 g/mol. The third-order valence-electron chi connectivity index (χ3n) is 13.9. The van der Waals surface area contributed by atoms with Crippen molar-refractivity contribution in [2.45, 2.75) is 70.5 Å². The van der Waals surface area contributed by atoms with Gasteiger partial charge < -0.3 is 14.4 Å². The molecule has 0 amide bonds. The van der Waals surface area contributed by atoms with Crippen LogP contribution in [-0.2, 0) is 19.4 Å². The molecular formula is C51H52N8O2S. The molecule has 1 N–H and O–H groups in total. The Morgan fingerprint density at radius 1 is 0.839 bits per heavy atom. The zero-order valence-corrected chi connectivity index (χ0v) is 36.4. The Labute approximate surface area is 367 Å². The zero-order chi connectivity index (χ0) is 41.9. The Kier molecular flexibility index (Phi) is 10.1. The molecule has 62 heavy (non-hydrogen) atoms. The quantitative estimate of drug-likeness (QED) is 0.154. The molecule has 314 valence electrons. The minimum Gasteiger partial charge on any atom is -0.508 e. The second-order valence-corrected chi connectivity index (χ2v) is 18.8. The molecule has 7 aromatic rings. The number of fused-ring (bicyclic) bond motifs is 4. The van der Waals surface area contributed by atoms with Crippen LogP contribution in [0.25, 0.3) is 5.00 Å². The first-order valence-electron chi connectivity index (χ1n) is 22.1. The van der Waals surface area contributed by atoms with Gasteiger partial charge in [0.1, 0.15) is 28.9 Å². The van der Waals surface area contributed by atoms with E-state index < -0.39 is 0 Å². The number of benzene rings is 4. The number of rotatable bonds is 9. The Bertz CT molecular complexity index is 2730. The summed E-state index contributed by atoms with van der Waals surface area (Å²) in [5, 5.41) is 20.5. The van der Waals surface area contributed by atoms with Crippen LogP contribution in [-0.4, -0.2) is 85.7 Å². The third-order valence-corrected chi connectivity index (χ3v) is 15.1. The van der Waals surface area contributed by atoms with Crippen LogP contribution in [0.15, 0.2) is 119 Å². The van der Waals surface area contributed by atoms with E-state index in [1.165, 1.54) is 43.9 Å². The molecule has 11 heteroatoms. The molecule has 2 saturated heterocycles. The van der Waals surface area contributed by atoms with Crippen LogP contribution >= 0.6 is 11.3 Å². The number of aryl methyl sites for hydroxylation is 3. The maximum absolute atomic E-state index is 10.3. The molecule has 0 spiro atoms. The van der Waals surface area contributed by atoms with Gasteiger partial charge in [-0.05, 0) is 97.2 Å². The van der Waals surface area contributed by atoms with Crippen LogP contribution in [0.5, 0.6) is 5.75 Å². The normalized spacial score (nSPS) is 20.5. The average molecular weight is 841 g/mol. The van der Waals surface area contributed by atoms with E-state index in [0.717, 1.165) is 92.1 Å². The molecule has 4 aromatic carbocycles. The third kappa shape index (κ3) is 7.15. The summed E-state index contributed by atoms with van der Waals surface area (Å²) in [5.74, 6) is 3.36. The highest BCUT2D eigenvalue weighted by Gasteiger charge is 2.36. The van der Waals surface area contributed by atoms with Crippen LogP contribution < -0.4 is 4.90 Å². The van der Waals surface area contributed by atoms with E-state index in [2.05, 4.69) is 133 Å². The fourth-order valence-electron chi connectivity index (χ4n) is 10.4. The number of aromatic nitrogens is 4. The van der Waals surface area contributed by atoms with Crippen LogP contribution in [0.1, 0.15) is 91.2 Å². The Morgan fingerprint density at radius 2 is 1.63 bits per heavy atom. The summed E-state index contributed by atoms with van der Waals surface area (Å²) in [6.45, 7) is 13.8. The van der Waals surface area contributed by atoms with Crippen molar-refractivity contribution in [3.63, 3.8) is 0 Å². The standard InChI is InChI=1S/C51H52N8O2S/c1-32-33(2)62-51-47(32)49(53-45(28-46-52-21-26-61-46)50-55-54-34(3)59(50)51)38-13-16-40(17-14-38)58-30-41(31-58)57-24-22-56(23-25-57)29-35-9-11-37(12-10-35)48-43(36-7-5-4-6-8-36)19-15-39-27-42(60)18-20-44(39)48/h4-14,16-18,20-21,26-27,41,43,45,48,60H,15,19,22-25,28-31H2,1-3H3/t43-,45+,48+/m1/s1. The summed E-state index contributed by atoms with van der Waals surface area (Å²) in [4.78, 5) is 18.9. The van der Waals surface area contributed by atoms with Crippen molar-refractivity contribution in [1.82, 2.24) is 29.5 Å². The molecule has 0 bridgehead atoms. The highest BCUT2D eigenvalue weighted by atomic mass is 32.1. The van der Waals surface area contributed by atoms with E-state index in [-0.39, 0.29) is 12.0 Å². The van der Waals surface area contributed by atoms with Crippen molar-refractivity contribution < 1.29 is 9.52 Å². The van der Waals surface area contributed by atoms with Gasteiger partial charge in [-0.3, -0.25) is 19.4 Å². The Balaban J connectivity index is 0.728. The molecule has 3 aliphatic heterocycles. The van der Waals surface area contributed by atoms with Crippen molar-refractivity contribution >= 4 is 22.7 Å². The maximum atomic E-state index is 10.3. The smallest absolute Gasteiger partial charge is 0.196 e. The van der Waals surface area contributed by atoms with Gasteiger partial charge in [0.05, 0.1) is 18.3 Å². The van der Waals surface area contributed by atoms with Gasteiger partial charge in [0.15, 0.2) is 11.7 Å². The summed E-state index contributed by atoms with van der Waals surface area (Å²) in [6.07, 6.45) is 5.88. The van der Waals surface area contributed by atoms with Crippen LogP contribution in [0.2, 0.25) is 0 Å². The van der Waals surface area contributed by atoms with Crippen molar-refractivity contribution in [2.75, 3.05) is 44.2 Å². The van der Waals surface area contributed by atoms with Gasteiger partial charge in [0.25, 0.3) is 0 Å². The minimum absolute atomic E-state index is 0.274. The summed E-state index contributed by atoms with van der Waals surface area (Å²) in [5.41, 5.74) is 12.5. The topological polar surface area (TPSA) is 99.1 Å². The molecule has 11 rings (SSSR count). The van der Waals surface area contributed by atoms with Crippen LogP contribution in [0, 0.1) is 20.8 Å². The largest absolute Gasteiger partial charge is 0.508 e. The number of phenolic OH excluding ortho intramolecular Hbond substituents is 1. The van der Waals surface area contributed by atoms with E-state index in [4.69, 9.17) is 9.41 Å². The molecule has 0 unspecified atom stereocenters. The lowest BCUT2D eigenvalue weighted by atomic mass is 9.69. The average Bonchev–Trinajstić information content (AvgIpc) is 3.99. The van der Waals surface area contributed by atoms with Crippen LogP contribution in [0.3, 0.4) is 0 Å². The first-order chi connectivity index (χ1) is 30.3. The molecule has 10 nitrogen and oxygen atoms in total. The number of nitrogens with zero attached hydrogens (tertiary/aromatic N) is 8. The number of hydrogen-bond donors (Lipinski definition) is 1. The van der Waals surface area contributed by atoms with Crippen molar-refractivity contribution in [1.29, 1.82) is 0 Å². The molecule has 4 aliphatic rings. The van der Waals surface area contributed by atoms with Crippen molar-refractivity contribution in [3.8, 4) is 10.8 Å². The second kappa shape index (κ2) is 16.1. The number of anilines is 1. The lowest BCUT2D eigenvalue weighted by Gasteiger charge is -2.49. The fourth-order valence-corrected chi connectivity index (χ4v) is 11.6. The number of phenols is 1. The predicted molar refractivity (Wildman–Crippen MR) is 245 cm³/mol. The Morgan fingerprint density at radius 3 is 2.39 bits per heavy atom. The first-order valence-corrected chi connectivity index (χ1v) is 22.9. The molecule has 2 fully saturated rings. The summed E-state index contributed by atoms with van der Waals surface area (Å²) >= 11 is 1.78. The highest BCUT2D eigenvalue weighted by Crippen LogP contribution is 2.47. The first kappa shape index (κ1) is 39.0. The number of hydrogen-bond acceptors (Lipinski definition) is 10.